The van der Waals surface area contributed by atoms with Crippen LogP contribution in [0.4, 0.5) is 5.69 Å². The summed E-state index contributed by atoms with van der Waals surface area (Å²) in [4.78, 5) is 12.6. The molecule has 3 heteroatoms. The summed E-state index contributed by atoms with van der Waals surface area (Å²) in [7, 11) is 0. The summed E-state index contributed by atoms with van der Waals surface area (Å²) >= 11 is 3.48. The van der Waals surface area contributed by atoms with E-state index < -0.39 is 0 Å². The fourth-order valence-corrected chi connectivity index (χ4v) is 2.53. The van der Waals surface area contributed by atoms with Gasteiger partial charge in [0.05, 0.1) is 0 Å². The lowest BCUT2D eigenvalue weighted by Crippen LogP contribution is -2.08. The van der Waals surface area contributed by atoms with Crippen LogP contribution in [-0.4, -0.2) is 5.78 Å². The number of carbonyl (C=O) groups is 1. The number of benzene rings is 2. The highest BCUT2D eigenvalue weighted by atomic mass is 79.9. The number of ketones is 1. The highest BCUT2D eigenvalue weighted by Crippen LogP contribution is 2.25. The van der Waals surface area contributed by atoms with Crippen LogP contribution in [0.5, 0.6) is 0 Å². The van der Waals surface area contributed by atoms with E-state index in [4.69, 9.17) is 5.73 Å². The van der Waals surface area contributed by atoms with Crippen molar-refractivity contribution in [3.8, 4) is 0 Å². The van der Waals surface area contributed by atoms with Gasteiger partial charge in [-0.25, -0.2) is 0 Å². The van der Waals surface area contributed by atoms with Crippen LogP contribution in [0, 0.1) is 20.8 Å². The van der Waals surface area contributed by atoms with E-state index in [1.54, 1.807) is 0 Å². The Balaban J connectivity index is 2.56. The summed E-state index contributed by atoms with van der Waals surface area (Å²) in [5.74, 6) is 0.0258. The molecule has 0 unspecified atom stereocenters. The van der Waals surface area contributed by atoms with E-state index in [2.05, 4.69) is 15.9 Å². The van der Waals surface area contributed by atoms with E-state index in [1.165, 1.54) is 0 Å². The Labute approximate surface area is 121 Å². The lowest BCUT2D eigenvalue weighted by molar-refractivity contribution is 0.103. The highest BCUT2D eigenvalue weighted by Gasteiger charge is 2.16. The number of carbonyl (C=O) groups excluding carboxylic acids is 1. The van der Waals surface area contributed by atoms with Crippen molar-refractivity contribution < 1.29 is 4.79 Å². The molecule has 19 heavy (non-hydrogen) atoms. The number of hydrogen-bond donors (Lipinski definition) is 1. The predicted octanol–water partition coefficient (Wildman–Crippen LogP) is 4.19. The molecule has 0 aliphatic rings. The van der Waals surface area contributed by atoms with Gasteiger partial charge in [0.25, 0.3) is 0 Å². The van der Waals surface area contributed by atoms with Gasteiger partial charge >= 0.3 is 0 Å². The van der Waals surface area contributed by atoms with Crippen molar-refractivity contribution >= 4 is 27.4 Å². The molecule has 0 aliphatic heterocycles. The largest absolute Gasteiger partial charge is 0.398 e. The maximum Gasteiger partial charge on any atom is 0.193 e. The number of hydrogen-bond acceptors (Lipinski definition) is 2. The van der Waals surface area contributed by atoms with Gasteiger partial charge in [0.2, 0.25) is 0 Å². The van der Waals surface area contributed by atoms with Crippen molar-refractivity contribution in [3.05, 3.63) is 62.6 Å². The van der Waals surface area contributed by atoms with Gasteiger partial charge in [-0.15, -0.1) is 0 Å². The third kappa shape index (κ3) is 2.56. The van der Waals surface area contributed by atoms with Crippen LogP contribution in [0.1, 0.15) is 32.6 Å². The number of nitrogen functional groups attached to an aromatic ring is 1. The smallest absolute Gasteiger partial charge is 0.193 e. The van der Waals surface area contributed by atoms with Gasteiger partial charge in [-0.2, -0.15) is 0 Å². The first-order chi connectivity index (χ1) is 8.91. The summed E-state index contributed by atoms with van der Waals surface area (Å²) in [6, 6.07) is 9.35. The van der Waals surface area contributed by atoms with E-state index in [1.807, 2.05) is 51.1 Å². The summed E-state index contributed by atoms with van der Waals surface area (Å²) in [5.41, 5.74) is 10.8. The number of rotatable bonds is 2. The molecule has 0 bridgehead atoms. The van der Waals surface area contributed by atoms with Crippen molar-refractivity contribution in [2.24, 2.45) is 0 Å². The third-order valence-corrected chi connectivity index (χ3v) is 4.22. The molecule has 0 heterocycles. The topological polar surface area (TPSA) is 43.1 Å². The molecule has 0 aromatic heterocycles. The third-order valence-electron chi connectivity index (χ3n) is 3.37. The van der Waals surface area contributed by atoms with Crippen LogP contribution in [0.2, 0.25) is 0 Å². The van der Waals surface area contributed by atoms with Crippen LogP contribution in [0.15, 0.2) is 34.8 Å². The van der Waals surface area contributed by atoms with Crippen molar-refractivity contribution in [2.75, 3.05) is 5.73 Å². The minimum atomic E-state index is 0.0258. The Morgan fingerprint density at radius 1 is 1.05 bits per heavy atom. The molecule has 2 aromatic carbocycles. The van der Waals surface area contributed by atoms with Crippen LogP contribution < -0.4 is 5.73 Å². The highest BCUT2D eigenvalue weighted by molar-refractivity contribution is 9.10. The predicted molar refractivity (Wildman–Crippen MR) is 82.6 cm³/mol. The van der Waals surface area contributed by atoms with Gasteiger partial charge in [0, 0.05) is 21.3 Å². The van der Waals surface area contributed by atoms with Crippen molar-refractivity contribution in [2.45, 2.75) is 20.8 Å². The van der Waals surface area contributed by atoms with Gasteiger partial charge in [0.15, 0.2) is 5.78 Å². The van der Waals surface area contributed by atoms with Gasteiger partial charge in [-0.1, -0.05) is 28.1 Å². The van der Waals surface area contributed by atoms with Crippen LogP contribution in [0.25, 0.3) is 0 Å². The second kappa shape index (κ2) is 5.17. The molecular formula is C16H16BrNO. The average molecular weight is 318 g/mol. The van der Waals surface area contributed by atoms with Crippen molar-refractivity contribution in [3.63, 3.8) is 0 Å². The Hall–Kier alpha value is -1.61. The van der Waals surface area contributed by atoms with Gasteiger partial charge in [-0.3, -0.25) is 4.79 Å². The second-order valence-electron chi connectivity index (χ2n) is 4.77. The number of halogens is 1. The summed E-state index contributed by atoms with van der Waals surface area (Å²) < 4.78 is 1.02. The maximum atomic E-state index is 12.6. The first-order valence-electron chi connectivity index (χ1n) is 6.08. The Bertz CT molecular complexity index is 662. The van der Waals surface area contributed by atoms with E-state index in [0.29, 0.717) is 11.3 Å². The fraction of sp³-hybridized carbons (Fsp3) is 0.188. The summed E-state index contributed by atoms with van der Waals surface area (Å²) in [6.45, 7) is 5.80. The first kappa shape index (κ1) is 13.8. The molecule has 2 N–H and O–H groups in total. The molecule has 0 atom stereocenters. The lowest BCUT2D eigenvalue weighted by atomic mass is 9.94. The summed E-state index contributed by atoms with van der Waals surface area (Å²) in [5, 5.41) is 0. The molecule has 0 radical (unpaired) electrons. The normalized spacial score (nSPS) is 10.5. The molecule has 0 saturated heterocycles. The Kier molecular flexibility index (Phi) is 3.76. The van der Waals surface area contributed by atoms with Gasteiger partial charge in [-0.05, 0) is 55.7 Å². The quantitative estimate of drug-likeness (QED) is 0.666. The molecule has 0 spiro atoms. The van der Waals surface area contributed by atoms with Crippen molar-refractivity contribution in [1.82, 2.24) is 0 Å². The molecule has 2 rings (SSSR count). The average Bonchev–Trinajstić information content (AvgIpc) is 2.36. The first-order valence-corrected chi connectivity index (χ1v) is 6.87. The minimum Gasteiger partial charge on any atom is -0.398 e. The molecule has 0 amide bonds. The van der Waals surface area contributed by atoms with Gasteiger partial charge < -0.3 is 5.73 Å². The van der Waals surface area contributed by atoms with Crippen LogP contribution >= 0.6 is 15.9 Å². The van der Waals surface area contributed by atoms with Gasteiger partial charge in [0.1, 0.15) is 0 Å². The molecular weight excluding hydrogens is 302 g/mol. The monoisotopic (exact) mass is 317 g/mol. The molecule has 0 saturated carbocycles. The molecule has 2 nitrogen and oxygen atoms in total. The van der Waals surface area contributed by atoms with Crippen LogP contribution in [0.3, 0.4) is 0 Å². The number of nitrogens with two attached hydrogens (primary N) is 1. The van der Waals surface area contributed by atoms with Crippen LogP contribution in [-0.2, 0) is 0 Å². The number of aryl methyl sites for hydroxylation is 2. The molecule has 0 aliphatic carbocycles. The zero-order chi connectivity index (χ0) is 14.2. The maximum absolute atomic E-state index is 12.6. The standard InChI is InChI=1S/C16H16BrNO/c1-9-8-14(17)10(2)7-13(9)16(19)12-5-4-6-15(18)11(12)3/h4-8H,18H2,1-3H3. The fourth-order valence-electron chi connectivity index (χ4n) is 2.07. The molecule has 0 fully saturated rings. The lowest BCUT2D eigenvalue weighted by Gasteiger charge is -2.11. The van der Waals surface area contributed by atoms with E-state index in [9.17, 15) is 4.79 Å². The Morgan fingerprint density at radius 2 is 1.74 bits per heavy atom. The zero-order valence-corrected chi connectivity index (χ0v) is 12.8. The minimum absolute atomic E-state index is 0.0258. The second-order valence-corrected chi connectivity index (χ2v) is 5.62. The Morgan fingerprint density at radius 3 is 2.42 bits per heavy atom. The van der Waals surface area contributed by atoms with E-state index in [-0.39, 0.29) is 5.78 Å². The SMILES string of the molecule is Cc1cc(C(=O)c2cccc(N)c2C)c(C)cc1Br. The number of anilines is 1. The zero-order valence-electron chi connectivity index (χ0n) is 11.3. The molecule has 2 aromatic rings. The molecule has 98 valence electrons. The van der Waals surface area contributed by atoms with E-state index >= 15 is 0 Å². The van der Waals surface area contributed by atoms with Crippen molar-refractivity contribution in [1.29, 1.82) is 0 Å². The summed E-state index contributed by atoms with van der Waals surface area (Å²) in [6.07, 6.45) is 0. The van der Waals surface area contributed by atoms with E-state index in [0.717, 1.165) is 26.7 Å².